The molecule has 0 saturated carbocycles. The van der Waals surface area contributed by atoms with E-state index in [1.54, 1.807) is 53.1 Å². The third kappa shape index (κ3) is 13.3. The Hall–Kier alpha value is -4.52. The van der Waals surface area contributed by atoms with Crippen LogP contribution in [0.25, 0.3) is 0 Å². The molecular weight excluding hydrogens is 668 g/mol. The van der Waals surface area contributed by atoms with E-state index in [-0.39, 0.29) is 71.1 Å². The van der Waals surface area contributed by atoms with Crippen molar-refractivity contribution in [1.29, 1.82) is 0 Å². The molecule has 3 rings (SSSR count). The number of carbonyl (C=O) groups excluding carboxylic acids is 4. The Balaban J connectivity index is 1.52. The molecule has 1 aliphatic heterocycles. The Morgan fingerprint density at radius 1 is 0.784 bits per heavy atom. The second-order valence-corrected chi connectivity index (χ2v) is 11.1. The number of nitrogens with two attached hydrogens (primary N) is 2. The second kappa shape index (κ2) is 22.3. The van der Waals surface area contributed by atoms with Crippen LogP contribution < -0.4 is 31.2 Å². The van der Waals surface area contributed by atoms with Crippen molar-refractivity contribution in [3.05, 3.63) is 47.5 Å². The van der Waals surface area contributed by atoms with E-state index in [9.17, 15) is 19.2 Å². The molecule has 0 radical (unpaired) electrons. The van der Waals surface area contributed by atoms with E-state index in [1.165, 1.54) is 19.1 Å². The van der Waals surface area contributed by atoms with E-state index < -0.39 is 11.9 Å². The van der Waals surface area contributed by atoms with Crippen molar-refractivity contribution < 1.29 is 52.3 Å². The van der Waals surface area contributed by atoms with E-state index in [4.69, 9.17) is 44.6 Å². The molecule has 17 heteroatoms. The van der Waals surface area contributed by atoms with Gasteiger partial charge < -0.3 is 64.6 Å². The first-order valence-corrected chi connectivity index (χ1v) is 16.5. The molecule has 1 heterocycles. The smallest absolute Gasteiger partial charge is 0.316 e. The van der Waals surface area contributed by atoms with E-state index in [0.717, 1.165) is 0 Å². The number of piperazine rings is 1. The molecular formula is C34H50N6O11. The summed E-state index contributed by atoms with van der Waals surface area (Å²) in [4.78, 5) is 56.3. The number of hydrogen-bond donors (Lipinski definition) is 3. The maximum Gasteiger partial charge on any atom is 0.316 e. The summed E-state index contributed by atoms with van der Waals surface area (Å²) in [5, 5.41) is 2.53. The highest BCUT2D eigenvalue weighted by Gasteiger charge is 2.29. The summed E-state index contributed by atoms with van der Waals surface area (Å²) >= 11 is 0. The number of carbonyl (C=O) groups is 4. The van der Waals surface area contributed by atoms with Gasteiger partial charge in [-0.2, -0.15) is 0 Å². The molecule has 1 aliphatic rings. The van der Waals surface area contributed by atoms with Crippen LogP contribution in [0.4, 0.5) is 16.2 Å². The van der Waals surface area contributed by atoms with Crippen molar-refractivity contribution in [1.82, 2.24) is 9.80 Å². The minimum atomic E-state index is -0.725. The summed E-state index contributed by atoms with van der Waals surface area (Å²) in [5.41, 5.74) is 12.4. The number of urea groups is 1. The molecule has 0 atom stereocenters. The summed E-state index contributed by atoms with van der Waals surface area (Å²) in [6.07, 6.45) is 0. The summed E-state index contributed by atoms with van der Waals surface area (Å²) in [6.45, 7) is 5.26. The zero-order valence-electron chi connectivity index (χ0n) is 29.6. The Bertz CT molecular complexity index is 1420. The lowest BCUT2D eigenvalue weighted by Gasteiger charge is -2.36. The Morgan fingerprint density at radius 2 is 1.37 bits per heavy atom. The molecule has 2 aromatic carbocycles. The van der Waals surface area contributed by atoms with Gasteiger partial charge in [-0.1, -0.05) is 6.07 Å². The molecule has 1 saturated heterocycles. The molecule has 5 amide bonds. The lowest BCUT2D eigenvalue weighted by Crippen LogP contribution is -2.53. The topological polar surface area (TPSA) is 207 Å². The summed E-state index contributed by atoms with van der Waals surface area (Å²) in [6, 6.07) is 9.27. The van der Waals surface area contributed by atoms with Gasteiger partial charge in [-0.3, -0.25) is 14.4 Å². The number of methoxy groups -OCH3 is 2. The normalized spacial score (nSPS) is 12.8. The molecule has 0 aliphatic carbocycles. The molecule has 5 N–H and O–H groups in total. The van der Waals surface area contributed by atoms with Crippen molar-refractivity contribution >= 4 is 35.1 Å². The summed E-state index contributed by atoms with van der Waals surface area (Å²) in [7, 11) is 2.97. The van der Waals surface area contributed by atoms with E-state index in [2.05, 4.69) is 5.32 Å². The van der Waals surface area contributed by atoms with Crippen molar-refractivity contribution in [2.45, 2.75) is 6.92 Å². The SMILES string of the molecule is COc1cccc(C(=O)N2CCN(C(=O)CN(C(=O)COCCOCCOCCOCCOCN)c3ccc(NC(N)=O)c(C)c3)CC2)c1OC. The first kappa shape index (κ1) is 40.9. The maximum atomic E-state index is 13.5. The number of ether oxygens (including phenoxy) is 7. The Kier molecular flexibility index (Phi) is 17.9. The highest BCUT2D eigenvalue weighted by Crippen LogP contribution is 2.31. The lowest BCUT2D eigenvalue weighted by atomic mass is 10.1. The highest BCUT2D eigenvalue weighted by molar-refractivity contribution is 6.00. The van der Waals surface area contributed by atoms with Gasteiger partial charge in [-0.15, -0.1) is 0 Å². The zero-order chi connectivity index (χ0) is 37.0. The largest absolute Gasteiger partial charge is 0.493 e. The molecule has 1 fully saturated rings. The first-order valence-electron chi connectivity index (χ1n) is 16.5. The van der Waals surface area contributed by atoms with Gasteiger partial charge in [0.25, 0.3) is 11.8 Å². The van der Waals surface area contributed by atoms with Gasteiger partial charge in [-0.25, -0.2) is 4.79 Å². The molecule has 0 unspecified atom stereocenters. The van der Waals surface area contributed by atoms with Gasteiger partial charge in [0.05, 0.1) is 79.4 Å². The number of rotatable bonds is 22. The van der Waals surface area contributed by atoms with Crippen LogP contribution in [0.2, 0.25) is 0 Å². The van der Waals surface area contributed by atoms with Crippen LogP contribution in [-0.2, 0) is 33.3 Å². The lowest BCUT2D eigenvalue weighted by molar-refractivity contribution is -0.133. The van der Waals surface area contributed by atoms with E-state index >= 15 is 0 Å². The molecule has 2 aromatic rings. The van der Waals surface area contributed by atoms with Crippen LogP contribution in [0.1, 0.15) is 15.9 Å². The third-order valence-corrected chi connectivity index (χ3v) is 7.76. The van der Waals surface area contributed by atoms with Crippen molar-refractivity contribution in [3.8, 4) is 11.5 Å². The number of primary amides is 1. The Morgan fingerprint density at radius 3 is 1.92 bits per heavy atom. The van der Waals surface area contributed by atoms with Gasteiger partial charge in [0, 0.05) is 37.6 Å². The highest BCUT2D eigenvalue weighted by atomic mass is 16.6. The van der Waals surface area contributed by atoms with Gasteiger partial charge in [0.15, 0.2) is 11.5 Å². The fraction of sp³-hybridized carbons (Fsp3) is 0.529. The van der Waals surface area contributed by atoms with E-state index in [0.29, 0.717) is 73.6 Å². The summed E-state index contributed by atoms with van der Waals surface area (Å²) in [5.74, 6) is -0.198. The molecule has 0 spiro atoms. The van der Waals surface area contributed by atoms with Gasteiger partial charge >= 0.3 is 6.03 Å². The average Bonchev–Trinajstić information content (AvgIpc) is 3.13. The second-order valence-electron chi connectivity index (χ2n) is 11.1. The van der Waals surface area contributed by atoms with E-state index in [1.807, 2.05) is 0 Å². The van der Waals surface area contributed by atoms with Crippen LogP contribution in [0.3, 0.4) is 0 Å². The van der Waals surface area contributed by atoms with Crippen LogP contribution in [0, 0.1) is 6.92 Å². The fourth-order valence-electron chi connectivity index (χ4n) is 5.13. The van der Waals surface area contributed by atoms with Gasteiger partial charge in [0.1, 0.15) is 13.2 Å². The zero-order valence-corrected chi connectivity index (χ0v) is 29.6. The van der Waals surface area contributed by atoms with Gasteiger partial charge in [-0.05, 0) is 42.8 Å². The van der Waals surface area contributed by atoms with Crippen molar-refractivity contribution in [2.75, 3.05) is 123 Å². The number of nitrogens with one attached hydrogen (secondary N) is 1. The number of aryl methyl sites for hydroxylation is 1. The molecule has 17 nitrogen and oxygen atoms in total. The van der Waals surface area contributed by atoms with Crippen LogP contribution in [0.15, 0.2) is 36.4 Å². The number of hydrogen-bond acceptors (Lipinski definition) is 12. The van der Waals surface area contributed by atoms with Crippen LogP contribution in [0.5, 0.6) is 11.5 Å². The molecule has 0 aromatic heterocycles. The predicted molar refractivity (Wildman–Crippen MR) is 187 cm³/mol. The first-order chi connectivity index (χ1) is 24.7. The van der Waals surface area contributed by atoms with Crippen molar-refractivity contribution in [3.63, 3.8) is 0 Å². The minimum absolute atomic E-state index is 0.145. The minimum Gasteiger partial charge on any atom is -0.493 e. The fourth-order valence-corrected chi connectivity index (χ4v) is 5.13. The number of benzene rings is 2. The maximum absolute atomic E-state index is 13.5. The number of nitrogens with zero attached hydrogens (tertiary/aromatic N) is 3. The van der Waals surface area contributed by atoms with Gasteiger partial charge in [0.2, 0.25) is 5.91 Å². The average molecular weight is 719 g/mol. The quantitative estimate of drug-likeness (QED) is 0.114. The van der Waals surface area contributed by atoms with Crippen LogP contribution >= 0.6 is 0 Å². The standard InChI is InChI=1S/C34H50N6O11/c1-25-21-26(7-8-28(25)37-34(36)44)40(31(42)23-50-19-17-48-15-13-47-14-16-49-18-20-51-24-35)22-30(41)38-9-11-39(12-10-38)33(43)27-5-4-6-29(45-2)32(27)46-3/h4-8,21H,9-20,22-24,35H2,1-3H3,(H3,36,37,44). The monoisotopic (exact) mass is 718 g/mol. The molecule has 0 bridgehead atoms. The van der Waals surface area contributed by atoms with Crippen LogP contribution in [-0.4, -0.2) is 147 Å². The predicted octanol–water partition coefficient (Wildman–Crippen LogP) is 0.820. The summed E-state index contributed by atoms with van der Waals surface area (Å²) < 4.78 is 37.6. The number of para-hydroxylation sites is 1. The molecule has 282 valence electrons. The van der Waals surface area contributed by atoms with Crippen molar-refractivity contribution in [2.24, 2.45) is 11.5 Å². The Labute approximate surface area is 297 Å². The number of amides is 5. The number of anilines is 2. The molecule has 51 heavy (non-hydrogen) atoms. The third-order valence-electron chi connectivity index (χ3n) is 7.76.